The minimum Gasteiger partial charge on any atom is -0.455 e. The molecule has 1 N–H and O–H groups in total. The summed E-state index contributed by atoms with van der Waals surface area (Å²) in [5, 5.41) is 4.78. The molecule has 4 rings (SSSR count). The Morgan fingerprint density at radius 2 is 1.68 bits per heavy atom. The van der Waals surface area contributed by atoms with Gasteiger partial charge in [0.1, 0.15) is 0 Å². The molecule has 2 amide bonds. The maximum atomic E-state index is 12.6. The number of hydrogen-bond donors (Lipinski definition) is 1. The van der Waals surface area contributed by atoms with Crippen molar-refractivity contribution in [3.8, 4) is 0 Å². The number of benzene rings is 3. The molecule has 0 aliphatic carbocycles. The van der Waals surface area contributed by atoms with Gasteiger partial charge in [0.05, 0.1) is 11.6 Å². The van der Waals surface area contributed by atoms with E-state index in [-0.39, 0.29) is 25.5 Å². The summed E-state index contributed by atoms with van der Waals surface area (Å²) in [4.78, 5) is 39.1. The smallest absolute Gasteiger partial charge is 0.311 e. The molecule has 0 unspecified atom stereocenters. The van der Waals surface area contributed by atoms with Gasteiger partial charge in [-0.25, -0.2) is 0 Å². The van der Waals surface area contributed by atoms with Crippen LogP contribution < -0.4 is 10.2 Å². The van der Waals surface area contributed by atoms with Crippen LogP contribution in [0.25, 0.3) is 10.8 Å². The van der Waals surface area contributed by atoms with Crippen molar-refractivity contribution in [1.29, 1.82) is 0 Å². The van der Waals surface area contributed by atoms with Crippen molar-refractivity contribution >= 4 is 39.9 Å². The van der Waals surface area contributed by atoms with Gasteiger partial charge in [-0.05, 0) is 36.4 Å². The Hall–Kier alpha value is -3.67. The number of esters is 1. The van der Waals surface area contributed by atoms with E-state index in [0.29, 0.717) is 0 Å². The van der Waals surface area contributed by atoms with Gasteiger partial charge in [0.2, 0.25) is 5.91 Å². The van der Waals surface area contributed by atoms with Crippen molar-refractivity contribution in [2.24, 2.45) is 5.92 Å². The van der Waals surface area contributed by atoms with Crippen molar-refractivity contribution in [2.75, 3.05) is 23.4 Å². The van der Waals surface area contributed by atoms with Gasteiger partial charge >= 0.3 is 5.97 Å². The number of ether oxygens (including phenoxy) is 1. The molecule has 1 heterocycles. The molecule has 1 saturated heterocycles. The fourth-order valence-corrected chi connectivity index (χ4v) is 3.98. The van der Waals surface area contributed by atoms with Crippen molar-refractivity contribution in [1.82, 2.24) is 0 Å². The van der Waals surface area contributed by atoms with E-state index in [4.69, 9.17) is 4.74 Å². The monoisotopic (exact) mass is 416 g/mol. The molecule has 6 heteroatoms. The number of anilines is 2. The summed E-state index contributed by atoms with van der Waals surface area (Å²) >= 11 is 0. The number of fused-ring (bicyclic) bond motifs is 1. The van der Waals surface area contributed by atoms with Crippen LogP contribution in [0, 0.1) is 19.8 Å². The third-order valence-electron chi connectivity index (χ3n) is 5.61. The second kappa shape index (κ2) is 8.60. The Bertz CT molecular complexity index is 1150. The van der Waals surface area contributed by atoms with E-state index >= 15 is 0 Å². The van der Waals surface area contributed by atoms with E-state index in [9.17, 15) is 14.4 Å². The Labute approximate surface area is 180 Å². The van der Waals surface area contributed by atoms with Crippen LogP contribution in [-0.2, 0) is 19.1 Å². The van der Waals surface area contributed by atoms with Gasteiger partial charge in [0.15, 0.2) is 6.61 Å². The number of rotatable bonds is 5. The Balaban J connectivity index is 1.39. The lowest BCUT2D eigenvalue weighted by atomic mass is 10.1. The van der Waals surface area contributed by atoms with Gasteiger partial charge in [-0.2, -0.15) is 0 Å². The molecular formula is C25H24N2O4. The van der Waals surface area contributed by atoms with E-state index in [1.165, 1.54) is 0 Å². The molecular weight excluding hydrogens is 392 g/mol. The quantitative estimate of drug-likeness (QED) is 0.638. The number of amides is 2. The van der Waals surface area contributed by atoms with Crippen LogP contribution in [0.3, 0.4) is 0 Å². The highest BCUT2D eigenvalue weighted by molar-refractivity contribution is 6.06. The maximum Gasteiger partial charge on any atom is 0.311 e. The number of hydrogen-bond acceptors (Lipinski definition) is 4. The van der Waals surface area contributed by atoms with Gasteiger partial charge in [-0.3, -0.25) is 14.4 Å². The molecule has 1 atom stereocenters. The Morgan fingerprint density at radius 1 is 1.00 bits per heavy atom. The lowest BCUT2D eigenvalue weighted by Crippen LogP contribution is -2.28. The molecule has 6 nitrogen and oxygen atoms in total. The minimum atomic E-state index is -0.598. The van der Waals surface area contributed by atoms with Gasteiger partial charge in [0, 0.05) is 24.0 Å². The first-order chi connectivity index (χ1) is 14.9. The normalized spacial score (nSPS) is 15.9. The molecule has 0 spiro atoms. The number of carbonyl (C=O) groups is 3. The summed E-state index contributed by atoms with van der Waals surface area (Å²) in [6.45, 7) is 3.66. The SMILES string of the molecule is Cc1cccc(C)c1NC(=O)COC(=O)[C@H]1CC(=O)N(c2cccc3ccccc23)C1. The van der Waals surface area contributed by atoms with Crippen molar-refractivity contribution in [3.05, 3.63) is 71.8 Å². The minimum absolute atomic E-state index is 0.0700. The molecule has 158 valence electrons. The van der Waals surface area contributed by atoms with Gasteiger partial charge in [0.25, 0.3) is 5.91 Å². The second-order valence-corrected chi connectivity index (χ2v) is 7.83. The number of para-hydroxylation sites is 1. The van der Waals surface area contributed by atoms with Crippen LogP contribution in [0.1, 0.15) is 17.5 Å². The maximum absolute atomic E-state index is 12.6. The summed E-state index contributed by atoms with van der Waals surface area (Å²) in [6.07, 6.45) is 0.0700. The second-order valence-electron chi connectivity index (χ2n) is 7.83. The zero-order chi connectivity index (χ0) is 22.0. The summed E-state index contributed by atoms with van der Waals surface area (Å²) < 4.78 is 5.23. The topological polar surface area (TPSA) is 75.7 Å². The highest BCUT2D eigenvalue weighted by Gasteiger charge is 2.36. The highest BCUT2D eigenvalue weighted by atomic mass is 16.5. The molecule has 1 aliphatic heterocycles. The zero-order valence-corrected chi connectivity index (χ0v) is 17.6. The fourth-order valence-electron chi connectivity index (χ4n) is 3.98. The average Bonchev–Trinajstić information content (AvgIpc) is 3.16. The van der Waals surface area contributed by atoms with Crippen molar-refractivity contribution < 1.29 is 19.1 Å². The molecule has 0 bridgehead atoms. The number of nitrogens with zero attached hydrogens (tertiary/aromatic N) is 1. The zero-order valence-electron chi connectivity index (χ0n) is 17.6. The Morgan fingerprint density at radius 3 is 2.45 bits per heavy atom. The van der Waals surface area contributed by atoms with Crippen molar-refractivity contribution in [3.63, 3.8) is 0 Å². The number of carbonyl (C=O) groups excluding carboxylic acids is 3. The summed E-state index contributed by atoms with van der Waals surface area (Å²) in [5.41, 5.74) is 3.38. The van der Waals surface area contributed by atoms with Gasteiger partial charge in [-0.1, -0.05) is 54.6 Å². The van der Waals surface area contributed by atoms with Gasteiger partial charge < -0.3 is 15.0 Å². The van der Waals surface area contributed by atoms with E-state index < -0.39 is 17.8 Å². The predicted octanol–water partition coefficient (Wildman–Crippen LogP) is 3.99. The third kappa shape index (κ3) is 4.28. The van der Waals surface area contributed by atoms with Crippen molar-refractivity contribution in [2.45, 2.75) is 20.3 Å². The molecule has 3 aromatic rings. The standard InChI is InChI=1S/C25H24N2O4/c1-16-7-5-8-17(2)24(16)26-22(28)15-31-25(30)19-13-23(29)27(14-19)21-12-6-10-18-9-3-4-11-20(18)21/h3-12,19H,13-15H2,1-2H3,(H,26,28)/t19-/m0/s1. The highest BCUT2D eigenvalue weighted by Crippen LogP contribution is 2.32. The van der Waals surface area contributed by atoms with E-state index in [0.717, 1.165) is 33.3 Å². The third-order valence-corrected chi connectivity index (χ3v) is 5.61. The van der Waals surface area contributed by atoms with Crippen LogP contribution in [-0.4, -0.2) is 30.9 Å². The Kier molecular flexibility index (Phi) is 5.71. The molecule has 31 heavy (non-hydrogen) atoms. The van der Waals surface area contributed by atoms with Crippen LogP contribution >= 0.6 is 0 Å². The molecule has 0 saturated carbocycles. The first kappa shape index (κ1) is 20.6. The lowest BCUT2D eigenvalue weighted by molar-refractivity contribution is -0.151. The molecule has 1 aliphatic rings. The molecule has 1 fully saturated rings. The summed E-state index contributed by atoms with van der Waals surface area (Å²) in [6, 6.07) is 19.3. The molecule has 0 aromatic heterocycles. The van der Waals surface area contributed by atoms with Gasteiger partial charge in [-0.15, -0.1) is 0 Å². The van der Waals surface area contributed by atoms with E-state index in [2.05, 4.69) is 5.32 Å². The number of nitrogens with one attached hydrogen (secondary N) is 1. The van der Waals surface area contributed by atoms with E-state index in [1.807, 2.05) is 74.5 Å². The van der Waals surface area contributed by atoms with E-state index in [1.54, 1.807) is 4.90 Å². The first-order valence-electron chi connectivity index (χ1n) is 10.2. The average molecular weight is 416 g/mol. The number of aryl methyl sites for hydroxylation is 2. The predicted molar refractivity (Wildman–Crippen MR) is 120 cm³/mol. The van der Waals surface area contributed by atoms with Crippen LogP contribution in [0.4, 0.5) is 11.4 Å². The largest absolute Gasteiger partial charge is 0.455 e. The molecule has 3 aromatic carbocycles. The van der Waals surface area contributed by atoms with Crippen LogP contribution in [0.5, 0.6) is 0 Å². The summed E-state index contributed by atoms with van der Waals surface area (Å²) in [7, 11) is 0. The fraction of sp³-hybridized carbons (Fsp3) is 0.240. The molecule has 0 radical (unpaired) electrons. The lowest BCUT2D eigenvalue weighted by Gasteiger charge is -2.19. The van der Waals surface area contributed by atoms with Crippen LogP contribution in [0.2, 0.25) is 0 Å². The van der Waals surface area contributed by atoms with Crippen LogP contribution in [0.15, 0.2) is 60.7 Å². The summed E-state index contributed by atoms with van der Waals surface area (Å²) in [5.74, 6) is -1.66. The first-order valence-corrected chi connectivity index (χ1v) is 10.2.